The molecule has 0 aliphatic carbocycles. The van der Waals surface area contributed by atoms with Crippen LogP contribution in [0, 0.1) is 10.1 Å². The van der Waals surface area contributed by atoms with E-state index in [0.29, 0.717) is 29.9 Å². The van der Waals surface area contributed by atoms with E-state index in [9.17, 15) is 14.9 Å². The summed E-state index contributed by atoms with van der Waals surface area (Å²) in [5.74, 6) is 0.528. The number of carbonyl (C=O) groups is 1. The van der Waals surface area contributed by atoms with Crippen LogP contribution in [0.15, 0.2) is 98.0 Å². The molecule has 176 valence electrons. The highest BCUT2D eigenvalue weighted by Gasteiger charge is 2.34. The number of non-ortho nitro benzene ring substituents is 1. The van der Waals surface area contributed by atoms with Gasteiger partial charge in [-0.2, -0.15) is 10.1 Å². The van der Waals surface area contributed by atoms with Crippen LogP contribution in [0.25, 0.3) is 0 Å². The zero-order valence-corrected chi connectivity index (χ0v) is 20.0. The molecule has 2 aliphatic rings. The first-order chi connectivity index (χ1) is 17.0. The number of carbonyl (C=O) groups excluding carboxylic acids is 1. The molecule has 8 nitrogen and oxygen atoms in total. The van der Waals surface area contributed by atoms with E-state index in [4.69, 9.17) is 4.42 Å². The smallest absolute Gasteiger partial charge is 0.281 e. The topological polar surface area (TPSA) is 92.2 Å². The second-order valence-corrected chi connectivity index (χ2v) is 8.92. The van der Waals surface area contributed by atoms with Gasteiger partial charge in [0.15, 0.2) is 0 Å². The monoisotopic (exact) mass is 486 g/mol. The maximum Gasteiger partial charge on any atom is 0.281 e. The number of benzene rings is 2. The first-order valence-corrected chi connectivity index (χ1v) is 12.0. The van der Waals surface area contributed by atoms with Gasteiger partial charge in [0.1, 0.15) is 11.5 Å². The molecular formula is C26H22N4O4S. The van der Waals surface area contributed by atoms with E-state index in [-0.39, 0.29) is 11.6 Å². The molecule has 0 bridgehead atoms. The van der Waals surface area contributed by atoms with Crippen LogP contribution in [0.3, 0.4) is 0 Å². The lowest BCUT2D eigenvalue weighted by Gasteiger charge is -2.17. The number of hydrogen-bond donors (Lipinski definition) is 0. The fraction of sp³-hybridized carbons (Fsp3) is 0.154. The first-order valence-electron chi connectivity index (χ1n) is 11.2. The Bertz CT molecular complexity index is 1410. The summed E-state index contributed by atoms with van der Waals surface area (Å²) >= 11 is 1.44. The molecule has 0 N–H and O–H groups in total. The molecule has 1 amide bonds. The number of nitrogens with zero attached hydrogens (tertiary/aromatic N) is 4. The van der Waals surface area contributed by atoms with Crippen molar-refractivity contribution in [3.05, 3.63) is 105 Å². The highest BCUT2D eigenvalue weighted by Crippen LogP contribution is 2.47. The van der Waals surface area contributed by atoms with E-state index in [1.54, 1.807) is 24.5 Å². The minimum absolute atomic E-state index is 0.0536. The van der Waals surface area contributed by atoms with Crippen LogP contribution in [0.1, 0.15) is 25.2 Å². The average Bonchev–Trinajstić information content (AvgIpc) is 3.57. The summed E-state index contributed by atoms with van der Waals surface area (Å²) in [6, 6.07) is 16.0. The molecule has 0 atom stereocenters. The molecule has 0 saturated carbocycles. The predicted octanol–water partition coefficient (Wildman–Crippen LogP) is 5.90. The number of furan rings is 1. The maximum atomic E-state index is 13.5. The van der Waals surface area contributed by atoms with E-state index in [0.717, 1.165) is 26.9 Å². The average molecular weight is 487 g/mol. The van der Waals surface area contributed by atoms with Gasteiger partial charge in [-0.15, -0.1) is 0 Å². The predicted molar refractivity (Wildman–Crippen MR) is 137 cm³/mol. The Kier molecular flexibility index (Phi) is 6.00. The molecule has 0 radical (unpaired) electrons. The molecule has 3 aromatic rings. The molecule has 0 spiro atoms. The summed E-state index contributed by atoms with van der Waals surface area (Å²) in [7, 11) is 0. The van der Waals surface area contributed by atoms with Gasteiger partial charge in [0.25, 0.3) is 11.6 Å². The number of para-hydroxylation sites is 1. The third kappa shape index (κ3) is 4.04. The summed E-state index contributed by atoms with van der Waals surface area (Å²) < 4.78 is 5.62. The van der Waals surface area contributed by atoms with Crippen molar-refractivity contribution in [2.75, 3.05) is 16.5 Å². The number of thioether (sulfide) groups is 1. The van der Waals surface area contributed by atoms with E-state index < -0.39 is 4.92 Å². The number of allylic oxidation sites excluding steroid dienone is 2. The van der Waals surface area contributed by atoms with Crippen LogP contribution in [0.5, 0.6) is 0 Å². The summed E-state index contributed by atoms with van der Waals surface area (Å²) in [5.41, 5.74) is 3.44. The fourth-order valence-electron chi connectivity index (χ4n) is 4.15. The normalized spacial score (nSPS) is 17.4. The largest absolute Gasteiger partial charge is 0.469 e. The Hall–Kier alpha value is -4.11. The van der Waals surface area contributed by atoms with Crippen molar-refractivity contribution >= 4 is 40.4 Å². The quantitative estimate of drug-likeness (QED) is 0.245. The summed E-state index contributed by atoms with van der Waals surface area (Å²) in [6.45, 7) is 4.69. The fourth-order valence-corrected chi connectivity index (χ4v) is 5.31. The minimum Gasteiger partial charge on any atom is -0.469 e. The standard InChI is InChI=1S/C26H22N4O4S/c1-3-22-19(14-15-34-22)25-20(26(31)29(27-25)17-8-6-5-7-9-17)11-13-24-28(4-2)21-12-10-18(30(32)33)16-23(21)35-24/h5-16H,3-4H2,1-2H3. The molecular weight excluding hydrogens is 464 g/mol. The lowest BCUT2D eigenvalue weighted by molar-refractivity contribution is -0.385. The van der Waals surface area contributed by atoms with Crippen molar-refractivity contribution in [2.24, 2.45) is 5.10 Å². The number of nitro groups is 1. The summed E-state index contributed by atoms with van der Waals surface area (Å²) in [4.78, 5) is 27.2. The minimum atomic E-state index is -0.394. The van der Waals surface area contributed by atoms with Crippen LogP contribution >= 0.6 is 11.8 Å². The van der Waals surface area contributed by atoms with Gasteiger partial charge in [0.2, 0.25) is 0 Å². The second-order valence-electron chi connectivity index (χ2n) is 7.85. The van der Waals surface area contributed by atoms with Gasteiger partial charge in [-0.05, 0) is 43.3 Å². The molecule has 3 heterocycles. The Labute approximate surface area is 206 Å². The lowest BCUT2D eigenvalue weighted by atomic mass is 10.0. The SMILES string of the molecule is CCc1occc1C1=NN(c2ccccc2)C(=O)C1=CC=C1Sc2cc([N+](=O)[O-])ccc2N1CC. The van der Waals surface area contributed by atoms with Crippen LogP contribution < -0.4 is 9.91 Å². The van der Waals surface area contributed by atoms with Crippen molar-refractivity contribution < 1.29 is 14.1 Å². The van der Waals surface area contributed by atoms with Crippen molar-refractivity contribution in [1.29, 1.82) is 0 Å². The number of nitro benzene ring substituents is 1. The highest BCUT2D eigenvalue weighted by molar-refractivity contribution is 8.03. The number of aryl methyl sites for hydroxylation is 1. The summed E-state index contributed by atoms with van der Waals surface area (Å²) in [6.07, 6.45) is 5.94. The van der Waals surface area contributed by atoms with E-state index in [1.807, 2.05) is 56.3 Å². The molecule has 1 aromatic heterocycles. The van der Waals surface area contributed by atoms with Gasteiger partial charge in [0, 0.05) is 35.6 Å². The number of fused-ring (bicyclic) bond motifs is 1. The molecule has 5 rings (SSSR count). The molecule has 2 aromatic carbocycles. The summed E-state index contributed by atoms with van der Waals surface area (Å²) in [5, 5.41) is 18.2. The molecule has 9 heteroatoms. The van der Waals surface area contributed by atoms with Gasteiger partial charge < -0.3 is 9.32 Å². The van der Waals surface area contributed by atoms with Crippen LogP contribution in [-0.4, -0.2) is 23.1 Å². The van der Waals surface area contributed by atoms with Crippen molar-refractivity contribution in [2.45, 2.75) is 25.2 Å². The Morgan fingerprint density at radius 2 is 1.91 bits per heavy atom. The zero-order valence-electron chi connectivity index (χ0n) is 19.2. The van der Waals surface area contributed by atoms with Gasteiger partial charge in [0.05, 0.1) is 33.2 Å². The van der Waals surface area contributed by atoms with Crippen LogP contribution in [0.2, 0.25) is 0 Å². The Balaban J connectivity index is 1.55. The van der Waals surface area contributed by atoms with E-state index in [2.05, 4.69) is 10.0 Å². The highest BCUT2D eigenvalue weighted by atomic mass is 32.2. The third-order valence-corrected chi connectivity index (χ3v) is 6.95. The van der Waals surface area contributed by atoms with Crippen molar-refractivity contribution in [3.63, 3.8) is 0 Å². The van der Waals surface area contributed by atoms with Crippen molar-refractivity contribution in [1.82, 2.24) is 0 Å². The number of anilines is 2. The molecule has 2 aliphatic heterocycles. The van der Waals surface area contributed by atoms with Crippen LogP contribution in [0.4, 0.5) is 17.1 Å². The van der Waals surface area contributed by atoms with Gasteiger partial charge in [-0.3, -0.25) is 14.9 Å². The van der Waals surface area contributed by atoms with Gasteiger partial charge >= 0.3 is 0 Å². The number of amides is 1. The second kappa shape index (κ2) is 9.27. The van der Waals surface area contributed by atoms with Gasteiger partial charge in [-0.25, -0.2) is 0 Å². The lowest BCUT2D eigenvalue weighted by Crippen LogP contribution is -2.21. The number of hydrogen-bond acceptors (Lipinski definition) is 7. The molecule has 35 heavy (non-hydrogen) atoms. The number of hydrazone groups is 1. The molecule has 0 unspecified atom stereocenters. The molecule has 0 fully saturated rings. The zero-order chi connectivity index (χ0) is 24.5. The van der Waals surface area contributed by atoms with E-state index >= 15 is 0 Å². The van der Waals surface area contributed by atoms with Crippen LogP contribution in [-0.2, 0) is 11.2 Å². The molecule has 0 saturated heterocycles. The van der Waals surface area contributed by atoms with E-state index in [1.165, 1.54) is 22.8 Å². The van der Waals surface area contributed by atoms with Crippen molar-refractivity contribution in [3.8, 4) is 0 Å². The van der Waals surface area contributed by atoms with Gasteiger partial charge in [-0.1, -0.05) is 36.9 Å². The first kappa shape index (κ1) is 22.7. The Morgan fingerprint density at radius 3 is 2.63 bits per heavy atom. The number of rotatable bonds is 6. The third-order valence-electron chi connectivity index (χ3n) is 5.83. The Morgan fingerprint density at radius 1 is 1.11 bits per heavy atom. The maximum absolute atomic E-state index is 13.5.